The lowest BCUT2D eigenvalue weighted by Gasteiger charge is -2.25. The minimum absolute atomic E-state index is 0.105. The number of hydrogen-bond acceptors (Lipinski definition) is 4. The van der Waals surface area contributed by atoms with Crippen molar-refractivity contribution < 1.29 is 29.7 Å². The average molecular weight is 340 g/mol. The molecule has 8 heteroatoms. The molecule has 7 nitrogen and oxygen atoms in total. The van der Waals surface area contributed by atoms with E-state index in [1.807, 2.05) is 0 Å². The van der Waals surface area contributed by atoms with Crippen molar-refractivity contribution in [2.24, 2.45) is 11.8 Å². The summed E-state index contributed by atoms with van der Waals surface area (Å²) in [7, 11) is 0. The average Bonchev–Trinajstić information content (AvgIpc) is 2.48. The maximum absolute atomic E-state index is 12.3. The number of phenols is 1. The van der Waals surface area contributed by atoms with E-state index in [4.69, 9.17) is 16.7 Å². The lowest BCUT2D eigenvalue weighted by atomic mass is 9.82. The van der Waals surface area contributed by atoms with Gasteiger partial charge in [-0.2, -0.15) is 0 Å². The zero-order valence-corrected chi connectivity index (χ0v) is 12.6. The molecule has 1 aliphatic rings. The number of aromatic hydroxyl groups is 1. The molecule has 122 valence electrons. The Morgan fingerprint density at radius 1 is 1.17 bits per heavy atom. The maximum Gasteiger partial charge on any atom is 0.339 e. The Labute approximate surface area is 136 Å². The van der Waals surface area contributed by atoms with Crippen molar-refractivity contribution in [2.75, 3.05) is 5.32 Å². The molecular weight excluding hydrogens is 326 g/mol. The van der Waals surface area contributed by atoms with Gasteiger partial charge < -0.3 is 20.6 Å². The summed E-state index contributed by atoms with van der Waals surface area (Å²) in [5, 5.41) is 30.5. The first-order valence-electron chi connectivity index (χ1n) is 6.74. The lowest BCUT2D eigenvalue weighted by Crippen LogP contribution is -2.35. The highest BCUT2D eigenvalue weighted by molar-refractivity contribution is 6.29. The van der Waals surface area contributed by atoms with Crippen LogP contribution < -0.4 is 5.32 Å². The summed E-state index contributed by atoms with van der Waals surface area (Å²) >= 11 is 5.89. The van der Waals surface area contributed by atoms with E-state index < -0.39 is 35.4 Å². The van der Waals surface area contributed by atoms with Crippen LogP contribution in [0.15, 0.2) is 29.3 Å². The van der Waals surface area contributed by atoms with Gasteiger partial charge in [-0.25, -0.2) is 4.79 Å². The van der Waals surface area contributed by atoms with Gasteiger partial charge in [-0.1, -0.05) is 17.7 Å². The van der Waals surface area contributed by atoms with E-state index in [0.29, 0.717) is 5.03 Å². The molecule has 0 saturated heterocycles. The maximum atomic E-state index is 12.3. The predicted octanol–water partition coefficient (Wildman–Crippen LogP) is 2.26. The van der Waals surface area contributed by atoms with Crippen molar-refractivity contribution in [3.63, 3.8) is 0 Å². The first-order chi connectivity index (χ1) is 10.8. The van der Waals surface area contributed by atoms with E-state index in [1.54, 1.807) is 6.08 Å². The molecule has 0 radical (unpaired) electrons. The molecule has 0 fully saturated rings. The Kier molecular flexibility index (Phi) is 4.90. The van der Waals surface area contributed by atoms with Crippen molar-refractivity contribution >= 4 is 35.1 Å². The Morgan fingerprint density at radius 2 is 1.87 bits per heavy atom. The molecule has 0 aliphatic heterocycles. The number of rotatable bonds is 4. The standard InChI is InChI=1S/C15H14ClNO6/c16-7-1-3-9(14(20)21)10(5-7)13(19)17-8-2-4-12(18)11(6-8)15(22)23/h1-2,4,6,9-10,18H,3,5H2,(H,17,19)(H,20,21)(H,22,23)/t9-,10+/m0/s1. The van der Waals surface area contributed by atoms with E-state index in [-0.39, 0.29) is 24.1 Å². The van der Waals surface area contributed by atoms with E-state index in [0.717, 1.165) is 12.1 Å². The summed E-state index contributed by atoms with van der Waals surface area (Å²) in [6, 6.07) is 3.57. The fourth-order valence-electron chi connectivity index (χ4n) is 2.42. The number of amides is 1. The quantitative estimate of drug-likeness (QED) is 0.624. The zero-order valence-electron chi connectivity index (χ0n) is 11.8. The molecule has 4 N–H and O–H groups in total. The number of aromatic carboxylic acids is 1. The highest BCUT2D eigenvalue weighted by Gasteiger charge is 2.36. The number of carboxylic acids is 2. The first kappa shape index (κ1) is 16.8. The van der Waals surface area contributed by atoms with Crippen LogP contribution in [0.5, 0.6) is 5.75 Å². The van der Waals surface area contributed by atoms with Crippen molar-refractivity contribution in [1.29, 1.82) is 0 Å². The number of allylic oxidation sites excluding steroid dienone is 2. The Hall–Kier alpha value is -2.54. The third kappa shape index (κ3) is 3.81. The van der Waals surface area contributed by atoms with Crippen LogP contribution in [-0.2, 0) is 9.59 Å². The number of benzene rings is 1. The molecule has 1 aromatic rings. The monoisotopic (exact) mass is 339 g/mol. The van der Waals surface area contributed by atoms with Crippen molar-refractivity contribution in [2.45, 2.75) is 12.8 Å². The number of carbonyl (C=O) groups excluding carboxylic acids is 1. The van der Waals surface area contributed by atoms with E-state index >= 15 is 0 Å². The topological polar surface area (TPSA) is 124 Å². The van der Waals surface area contributed by atoms with E-state index in [1.165, 1.54) is 6.07 Å². The molecule has 2 atom stereocenters. The second-order valence-corrected chi connectivity index (χ2v) is 5.65. The molecule has 0 saturated carbocycles. The molecule has 0 unspecified atom stereocenters. The van der Waals surface area contributed by atoms with Crippen LogP contribution in [0.1, 0.15) is 23.2 Å². The summed E-state index contributed by atoms with van der Waals surface area (Å²) < 4.78 is 0. The molecule has 0 heterocycles. The highest BCUT2D eigenvalue weighted by atomic mass is 35.5. The minimum atomic E-state index is -1.34. The minimum Gasteiger partial charge on any atom is -0.507 e. The number of halogens is 1. The van der Waals surface area contributed by atoms with Gasteiger partial charge in [-0.05, 0) is 31.0 Å². The first-order valence-corrected chi connectivity index (χ1v) is 7.12. The summed E-state index contributed by atoms with van der Waals surface area (Å²) in [6.45, 7) is 0. The highest BCUT2D eigenvalue weighted by Crippen LogP contribution is 2.33. The number of carbonyl (C=O) groups is 3. The van der Waals surface area contributed by atoms with E-state index in [9.17, 15) is 24.6 Å². The van der Waals surface area contributed by atoms with Crippen LogP contribution >= 0.6 is 11.6 Å². The normalized spacial score (nSPS) is 20.5. The molecule has 2 rings (SSSR count). The van der Waals surface area contributed by atoms with Gasteiger partial charge in [0, 0.05) is 10.7 Å². The van der Waals surface area contributed by atoms with Crippen molar-refractivity contribution in [3.8, 4) is 5.75 Å². The van der Waals surface area contributed by atoms with Gasteiger partial charge in [0.2, 0.25) is 5.91 Å². The Morgan fingerprint density at radius 3 is 2.48 bits per heavy atom. The lowest BCUT2D eigenvalue weighted by molar-refractivity contribution is -0.146. The molecule has 1 aromatic carbocycles. The third-order valence-electron chi connectivity index (χ3n) is 3.64. The number of aliphatic carboxylic acids is 1. The van der Waals surface area contributed by atoms with Crippen LogP contribution in [0.2, 0.25) is 0 Å². The Balaban J connectivity index is 2.21. The summed E-state index contributed by atoms with van der Waals surface area (Å²) in [5.41, 5.74) is -0.209. The van der Waals surface area contributed by atoms with Gasteiger partial charge >= 0.3 is 11.9 Å². The smallest absolute Gasteiger partial charge is 0.339 e. The van der Waals surface area contributed by atoms with Gasteiger partial charge in [0.05, 0.1) is 11.8 Å². The fourth-order valence-corrected chi connectivity index (χ4v) is 2.68. The predicted molar refractivity (Wildman–Crippen MR) is 81.5 cm³/mol. The van der Waals surface area contributed by atoms with Crippen molar-refractivity contribution in [3.05, 3.63) is 34.9 Å². The van der Waals surface area contributed by atoms with E-state index in [2.05, 4.69) is 5.32 Å². The number of nitrogens with one attached hydrogen (secondary N) is 1. The molecule has 0 bridgehead atoms. The van der Waals surface area contributed by atoms with Crippen LogP contribution in [0.25, 0.3) is 0 Å². The van der Waals surface area contributed by atoms with Gasteiger partial charge in [0.25, 0.3) is 0 Å². The molecule has 1 aliphatic carbocycles. The summed E-state index contributed by atoms with van der Waals surface area (Å²) in [5.74, 6) is -5.18. The zero-order chi connectivity index (χ0) is 17.1. The number of hydrogen-bond donors (Lipinski definition) is 4. The van der Waals surface area contributed by atoms with Gasteiger partial charge in [-0.15, -0.1) is 0 Å². The molecule has 23 heavy (non-hydrogen) atoms. The Bertz CT molecular complexity index is 699. The van der Waals surface area contributed by atoms with Crippen LogP contribution in [0.3, 0.4) is 0 Å². The number of carboxylic acid groups (broad SMARTS) is 2. The summed E-state index contributed by atoms with van der Waals surface area (Å²) in [6.07, 6.45) is 1.84. The molecule has 0 aromatic heterocycles. The molecular formula is C15H14ClNO6. The van der Waals surface area contributed by atoms with Gasteiger partial charge in [-0.3, -0.25) is 9.59 Å². The van der Waals surface area contributed by atoms with Crippen LogP contribution in [-0.4, -0.2) is 33.2 Å². The van der Waals surface area contributed by atoms with Gasteiger partial charge in [0.1, 0.15) is 11.3 Å². The molecule has 0 spiro atoms. The second-order valence-electron chi connectivity index (χ2n) is 5.17. The second kappa shape index (κ2) is 6.70. The third-order valence-corrected chi connectivity index (χ3v) is 3.95. The summed E-state index contributed by atoms with van der Waals surface area (Å²) in [4.78, 5) is 34.5. The fraction of sp³-hybridized carbons (Fsp3) is 0.267. The van der Waals surface area contributed by atoms with Crippen LogP contribution in [0, 0.1) is 11.8 Å². The largest absolute Gasteiger partial charge is 0.507 e. The SMILES string of the molecule is O=C(O)c1cc(NC(=O)[C@@H]2CC(Cl)=CC[C@@H]2C(=O)O)ccc1O. The van der Waals surface area contributed by atoms with Gasteiger partial charge in [0.15, 0.2) is 0 Å². The van der Waals surface area contributed by atoms with Crippen LogP contribution in [0.4, 0.5) is 5.69 Å². The molecule has 1 amide bonds. The number of anilines is 1. The van der Waals surface area contributed by atoms with Crippen molar-refractivity contribution in [1.82, 2.24) is 0 Å².